The van der Waals surface area contributed by atoms with Gasteiger partial charge in [0.15, 0.2) is 5.82 Å². The highest BCUT2D eigenvalue weighted by molar-refractivity contribution is 7.18. The van der Waals surface area contributed by atoms with Gasteiger partial charge in [-0.25, -0.2) is 4.98 Å². The Hall–Kier alpha value is -1.73. The second-order valence-corrected chi connectivity index (χ2v) is 7.86. The maximum absolute atomic E-state index is 12.5. The van der Waals surface area contributed by atoms with E-state index < -0.39 is 0 Å². The topological polar surface area (TPSA) is 76.5 Å². The molecule has 4 rings (SSSR count). The third-order valence-corrected chi connectivity index (χ3v) is 6.45. The Bertz CT molecular complexity index is 833. The first-order valence-electron chi connectivity index (χ1n) is 8.60. The molecule has 2 aliphatic rings. The van der Waals surface area contributed by atoms with Crippen molar-refractivity contribution in [3.8, 4) is 0 Å². The van der Waals surface area contributed by atoms with Gasteiger partial charge < -0.3 is 14.6 Å². The smallest absolute Gasteiger partial charge is 0.309 e. The lowest BCUT2D eigenvalue weighted by Crippen LogP contribution is -3.12. The Morgan fingerprint density at radius 2 is 2.17 bits per heavy atom. The summed E-state index contributed by atoms with van der Waals surface area (Å²) in [6, 6.07) is 0. The number of thiophene rings is 1. The number of carbonyl (C=O) groups excluding carboxylic acids is 1. The summed E-state index contributed by atoms with van der Waals surface area (Å²) in [7, 11) is 1.45. The Balaban J connectivity index is 1.50. The van der Waals surface area contributed by atoms with Crippen molar-refractivity contribution in [2.45, 2.75) is 38.6 Å². The number of nitrogens with one attached hydrogen (secondary N) is 2. The number of likely N-dealkylation sites (tertiary alicyclic amines) is 1. The first-order chi connectivity index (χ1) is 11.7. The van der Waals surface area contributed by atoms with Crippen molar-refractivity contribution in [3.63, 3.8) is 0 Å². The average Bonchev–Trinajstić information content (AvgIpc) is 3.15. The van der Waals surface area contributed by atoms with Crippen LogP contribution in [0.4, 0.5) is 0 Å². The number of nitrogens with zero attached hydrogens (tertiary/aromatic N) is 1. The molecule has 0 saturated carbocycles. The molecule has 1 saturated heterocycles. The molecule has 0 amide bonds. The number of aromatic nitrogens is 2. The molecule has 1 aliphatic heterocycles. The molecule has 128 valence electrons. The predicted molar refractivity (Wildman–Crippen MR) is 91.4 cm³/mol. The number of rotatable bonds is 3. The number of aryl methyl sites for hydroxylation is 2. The standard InChI is InChI=1S/C17H21N3O3S/c1-23-17(22)10-5-7-20(8-6-10)9-13-18-15(21)14-11-3-2-4-12(11)24-16(14)19-13/h10H,2-9H2,1H3,(H,18,19,21)/p+1. The lowest BCUT2D eigenvalue weighted by molar-refractivity contribution is -0.920. The highest BCUT2D eigenvalue weighted by Crippen LogP contribution is 2.34. The molecule has 2 N–H and O–H groups in total. The van der Waals surface area contributed by atoms with Crippen LogP contribution in [0.5, 0.6) is 0 Å². The largest absolute Gasteiger partial charge is 0.469 e. The number of hydrogen-bond donors (Lipinski definition) is 2. The Morgan fingerprint density at radius 3 is 2.92 bits per heavy atom. The summed E-state index contributed by atoms with van der Waals surface area (Å²) >= 11 is 1.68. The molecule has 1 aliphatic carbocycles. The predicted octanol–water partition coefficient (Wildman–Crippen LogP) is 0.441. The van der Waals surface area contributed by atoms with Gasteiger partial charge in [-0.3, -0.25) is 9.59 Å². The first-order valence-corrected chi connectivity index (χ1v) is 9.42. The van der Waals surface area contributed by atoms with Crippen LogP contribution in [0.15, 0.2) is 4.79 Å². The molecule has 3 heterocycles. The van der Waals surface area contributed by atoms with Crippen LogP contribution in [-0.2, 0) is 28.9 Å². The van der Waals surface area contributed by atoms with E-state index >= 15 is 0 Å². The van der Waals surface area contributed by atoms with Crippen LogP contribution in [0.25, 0.3) is 10.2 Å². The fourth-order valence-corrected chi connectivity index (χ4v) is 5.25. The quantitative estimate of drug-likeness (QED) is 0.790. The van der Waals surface area contributed by atoms with E-state index in [1.807, 2.05) is 0 Å². The maximum Gasteiger partial charge on any atom is 0.309 e. The Kier molecular flexibility index (Phi) is 4.14. The average molecular weight is 348 g/mol. The van der Waals surface area contributed by atoms with Crippen LogP contribution >= 0.6 is 11.3 Å². The minimum absolute atomic E-state index is 0.0123. The van der Waals surface area contributed by atoms with Crippen molar-refractivity contribution in [3.05, 3.63) is 26.6 Å². The van der Waals surface area contributed by atoms with Gasteiger partial charge in [0, 0.05) is 17.7 Å². The summed E-state index contributed by atoms with van der Waals surface area (Å²) < 4.78 is 4.83. The van der Waals surface area contributed by atoms with Gasteiger partial charge >= 0.3 is 5.97 Å². The maximum atomic E-state index is 12.5. The number of hydrogen-bond acceptors (Lipinski definition) is 5. The van der Waals surface area contributed by atoms with Gasteiger partial charge in [-0.2, -0.15) is 0 Å². The number of aromatic amines is 1. The molecular weight excluding hydrogens is 326 g/mol. The molecule has 0 radical (unpaired) electrons. The number of esters is 1. The van der Waals surface area contributed by atoms with Crippen LogP contribution in [0, 0.1) is 5.92 Å². The number of carbonyl (C=O) groups is 1. The second kappa shape index (κ2) is 6.29. The van der Waals surface area contributed by atoms with Crippen molar-refractivity contribution in [1.82, 2.24) is 9.97 Å². The lowest BCUT2D eigenvalue weighted by Gasteiger charge is -2.27. The molecule has 0 bridgehead atoms. The van der Waals surface area contributed by atoms with Crippen LogP contribution in [-0.4, -0.2) is 36.1 Å². The number of fused-ring (bicyclic) bond motifs is 3. The highest BCUT2D eigenvalue weighted by Gasteiger charge is 2.29. The number of ether oxygens (including phenoxy) is 1. The van der Waals surface area contributed by atoms with E-state index in [0.717, 1.165) is 61.2 Å². The van der Waals surface area contributed by atoms with Crippen molar-refractivity contribution in [2.24, 2.45) is 5.92 Å². The van der Waals surface area contributed by atoms with Crippen molar-refractivity contribution in [2.75, 3.05) is 20.2 Å². The Labute approximate surface area is 143 Å². The van der Waals surface area contributed by atoms with E-state index in [1.54, 1.807) is 11.3 Å². The van der Waals surface area contributed by atoms with E-state index in [1.165, 1.54) is 22.5 Å². The minimum atomic E-state index is -0.102. The first kappa shape index (κ1) is 15.8. The molecule has 24 heavy (non-hydrogen) atoms. The summed E-state index contributed by atoms with van der Waals surface area (Å²) in [6.07, 6.45) is 4.91. The highest BCUT2D eigenvalue weighted by atomic mass is 32.1. The summed E-state index contributed by atoms with van der Waals surface area (Å²) in [5, 5.41) is 0.815. The number of methoxy groups -OCH3 is 1. The molecular formula is C17H22N3O3S+. The van der Waals surface area contributed by atoms with E-state index in [2.05, 4.69) is 4.98 Å². The fraction of sp³-hybridized carbons (Fsp3) is 0.588. The zero-order valence-electron chi connectivity index (χ0n) is 13.8. The lowest BCUT2D eigenvalue weighted by atomic mass is 9.97. The number of quaternary nitrogens is 1. The van der Waals surface area contributed by atoms with Crippen LogP contribution in [0.3, 0.4) is 0 Å². The van der Waals surface area contributed by atoms with Gasteiger partial charge in [0.1, 0.15) is 11.4 Å². The van der Waals surface area contributed by atoms with E-state index in [0.29, 0.717) is 6.54 Å². The number of piperidine rings is 1. The van der Waals surface area contributed by atoms with E-state index in [9.17, 15) is 9.59 Å². The molecule has 0 unspecified atom stereocenters. The molecule has 0 spiro atoms. The molecule has 7 heteroatoms. The van der Waals surface area contributed by atoms with Crippen LogP contribution in [0.1, 0.15) is 35.5 Å². The summed E-state index contributed by atoms with van der Waals surface area (Å²) in [6.45, 7) is 2.52. The second-order valence-electron chi connectivity index (χ2n) is 6.77. The van der Waals surface area contributed by atoms with Crippen molar-refractivity contribution in [1.29, 1.82) is 0 Å². The van der Waals surface area contributed by atoms with Gasteiger partial charge in [-0.1, -0.05) is 0 Å². The van der Waals surface area contributed by atoms with Gasteiger partial charge in [0.25, 0.3) is 5.56 Å². The van der Waals surface area contributed by atoms with E-state index in [-0.39, 0.29) is 17.4 Å². The van der Waals surface area contributed by atoms with E-state index in [4.69, 9.17) is 9.72 Å². The monoisotopic (exact) mass is 348 g/mol. The minimum Gasteiger partial charge on any atom is -0.469 e. The normalized spacial score (nSPS) is 23.4. The molecule has 1 fully saturated rings. The molecule has 2 aromatic rings. The van der Waals surface area contributed by atoms with Crippen LogP contribution in [0.2, 0.25) is 0 Å². The van der Waals surface area contributed by atoms with Crippen molar-refractivity contribution >= 4 is 27.5 Å². The molecule has 2 aromatic heterocycles. The van der Waals surface area contributed by atoms with Crippen LogP contribution < -0.4 is 10.5 Å². The summed E-state index contributed by atoms with van der Waals surface area (Å²) in [4.78, 5) is 35.4. The summed E-state index contributed by atoms with van der Waals surface area (Å²) in [5.41, 5.74) is 1.24. The van der Waals surface area contributed by atoms with Gasteiger partial charge in [-0.05, 0) is 24.8 Å². The zero-order chi connectivity index (χ0) is 16.7. The summed E-state index contributed by atoms with van der Waals surface area (Å²) in [5.74, 6) is 0.683. The fourth-order valence-electron chi connectivity index (χ4n) is 3.97. The van der Waals surface area contributed by atoms with Gasteiger partial charge in [0.2, 0.25) is 0 Å². The SMILES string of the molecule is COC(=O)C1CC[NH+](Cc2nc3sc4c(c3c(=O)[nH]2)CCC4)CC1. The Morgan fingerprint density at radius 1 is 1.38 bits per heavy atom. The molecule has 0 atom stereocenters. The molecule has 6 nitrogen and oxygen atoms in total. The van der Waals surface area contributed by atoms with Gasteiger partial charge in [0.05, 0.1) is 31.5 Å². The molecule has 0 aromatic carbocycles. The number of H-pyrrole nitrogens is 1. The van der Waals surface area contributed by atoms with Gasteiger partial charge in [-0.15, -0.1) is 11.3 Å². The third kappa shape index (κ3) is 2.75. The zero-order valence-corrected chi connectivity index (χ0v) is 14.6. The van der Waals surface area contributed by atoms with Crippen molar-refractivity contribution < 1.29 is 14.4 Å². The third-order valence-electron chi connectivity index (χ3n) is 5.27.